The molecule has 0 spiro atoms. The summed E-state index contributed by atoms with van der Waals surface area (Å²) in [6.45, 7) is 2.12. The zero-order valence-electron chi connectivity index (χ0n) is 12.2. The molecule has 2 N–H and O–H groups in total. The van der Waals surface area contributed by atoms with Gasteiger partial charge in [0, 0.05) is 6.54 Å². The summed E-state index contributed by atoms with van der Waals surface area (Å²) < 4.78 is 0.928. The second-order valence-corrected chi connectivity index (χ2v) is 4.73. The Morgan fingerprint density at radius 2 is 2.05 bits per heavy atom. The van der Waals surface area contributed by atoms with Crippen molar-refractivity contribution in [2.75, 3.05) is 6.54 Å². The number of fused-ring (bicyclic) bond motifs is 1. The van der Waals surface area contributed by atoms with Gasteiger partial charge >= 0.3 is 6.03 Å². The predicted octanol–water partition coefficient (Wildman–Crippen LogP) is 0.417. The van der Waals surface area contributed by atoms with Crippen LogP contribution in [0.2, 0.25) is 0 Å². The fourth-order valence-corrected chi connectivity index (χ4v) is 1.85. The lowest BCUT2D eigenvalue weighted by Crippen LogP contribution is -2.42. The molecule has 0 atom stereocenters. The summed E-state index contributed by atoms with van der Waals surface area (Å²) in [4.78, 5) is 35.3. The highest BCUT2D eigenvalue weighted by Gasteiger charge is 2.11. The average molecular weight is 303 g/mol. The van der Waals surface area contributed by atoms with Crippen LogP contribution in [0.15, 0.2) is 29.1 Å². The zero-order valence-corrected chi connectivity index (χ0v) is 12.2. The molecule has 1 heterocycles. The molecule has 2 rings (SSSR count). The molecule has 0 aliphatic heterocycles. The van der Waals surface area contributed by atoms with Crippen molar-refractivity contribution in [2.45, 2.75) is 26.3 Å². The summed E-state index contributed by atoms with van der Waals surface area (Å²) in [5, 5.41) is 12.6. The van der Waals surface area contributed by atoms with Crippen molar-refractivity contribution < 1.29 is 9.59 Å². The van der Waals surface area contributed by atoms with Crippen molar-refractivity contribution in [3.05, 3.63) is 34.6 Å². The van der Waals surface area contributed by atoms with Crippen molar-refractivity contribution >= 4 is 22.8 Å². The second kappa shape index (κ2) is 7.30. The second-order valence-electron chi connectivity index (χ2n) is 4.73. The van der Waals surface area contributed by atoms with Crippen LogP contribution >= 0.6 is 0 Å². The summed E-state index contributed by atoms with van der Waals surface area (Å²) in [6, 6.07) is 6.14. The molecule has 0 radical (unpaired) electrons. The predicted molar refractivity (Wildman–Crippen MR) is 80.2 cm³/mol. The van der Waals surface area contributed by atoms with Gasteiger partial charge in [-0.2, -0.15) is 0 Å². The van der Waals surface area contributed by atoms with Crippen molar-refractivity contribution in [1.29, 1.82) is 0 Å². The zero-order chi connectivity index (χ0) is 15.9. The number of urea groups is 1. The third-order valence-corrected chi connectivity index (χ3v) is 2.99. The Kier molecular flexibility index (Phi) is 5.18. The van der Waals surface area contributed by atoms with Crippen LogP contribution in [-0.4, -0.2) is 33.5 Å². The van der Waals surface area contributed by atoms with Crippen molar-refractivity contribution in [2.24, 2.45) is 0 Å². The largest absolute Gasteiger partial charge is 0.338 e. The molecule has 8 heteroatoms. The number of hydrogen-bond acceptors (Lipinski definition) is 5. The maximum atomic E-state index is 12.1. The molecule has 0 aliphatic rings. The van der Waals surface area contributed by atoms with E-state index in [4.69, 9.17) is 0 Å². The van der Waals surface area contributed by atoms with Crippen LogP contribution in [0.5, 0.6) is 0 Å². The maximum Gasteiger partial charge on any atom is 0.321 e. The van der Waals surface area contributed by atoms with Crippen LogP contribution in [0.25, 0.3) is 10.9 Å². The lowest BCUT2D eigenvalue weighted by atomic mass is 10.2. The van der Waals surface area contributed by atoms with E-state index in [1.54, 1.807) is 24.3 Å². The summed E-state index contributed by atoms with van der Waals surface area (Å²) in [7, 11) is 0. The minimum absolute atomic E-state index is 0.363. The highest BCUT2D eigenvalue weighted by molar-refractivity contribution is 5.94. The Morgan fingerprint density at radius 3 is 2.82 bits per heavy atom. The average Bonchev–Trinajstić information content (AvgIpc) is 2.50. The summed E-state index contributed by atoms with van der Waals surface area (Å²) in [5.74, 6) is -0.624. The number of carbonyl (C=O) groups excluding carboxylic acids is 2. The van der Waals surface area contributed by atoms with E-state index in [0.717, 1.165) is 17.5 Å². The molecule has 22 heavy (non-hydrogen) atoms. The van der Waals surface area contributed by atoms with E-state index in [1.807, 2.05) is 6.92 Å². The normalized spacial score (nSPS) is 10.4. The fourth-order valence-electron chi connectivity index (χ4n) is 1.85. The molecule has 8 nitrogen and oxygen atoms in total. The number of amides is 3. The van der Waals surface area contributed by atoms with Gasteiger partial charge in [-0.15, -0.1) is 5.10 Å². The van der Waals surface area contributed by atoms with Crippen molar-refractivity contribution in [3.63, 3.8) is 0 Å². The molecule has 0 saturated carbocycles. The topological polar surface area (TPSA) is 106 Å². The van der Waals surface area contributed by atoms with Gasteiger partial charge in [0.2, 0.25) is 5.91 Å². The van der Waals surface area contributed by atoms with E-state index in [-0.39, 0.29) is 6.54 Å². The quantitative estimate of drug-likeness (QED) is 0.779. The van der Waals surface area contributed by atoms with Gasteiger partial charge in [-0.25, -0.2) is 9.48 Å². The Bertz CT molecular complexity index is 741. The van der Waals surface area contributed by atoms with Crippen molar-refractivity contribution in [3.8, 4) is 0 Å². The number of imide groups is 1. The van der Waals surface area contributed by atoms with E-state index in [1.165, 1.54) is 0 Å². The van der Waals surface area contributed by atoms with Gasteiger partial charge in [-0.1, -0.05) is 30.7 Å². The maximum absolute atomic E-state index is 12.1. The first-order valence-electron chi connectivity index (χ1n) is 7.02. The number of nitrogens with one attached hydrogen (secondary N) is 2. The summed E-state index contributed by atoms with van der Waals surface area (Å²) >= 11 is 0. The highest BCUT2D eigenvalue weighted by Crippen LogP contribution is 2.02. The molecular weight excluding hydrogens is 286 g/mol. The van der Waals surface area contributed by atoms with E-state index < -0.39 is 17.5 Å². The molecule has 0 fully saturated rings. The molecule has 2 aromatic rings. The lowest BCUT2D eigenvalue weighted by Gasteiger charge is -2.07. The molecule has 1 aromatic heterocycles. The monoisotopic (exact) mass is 303 g/mol. The van der Waals surface area contributed by atoms with Crippen LogP contribution in [0.3, 0.4) is 0 Å². The first kappa shape index (κ1) is 15.6. The summed E-state index contributed by atoms with van der Waals surface area (Å²) in [6.07, 6.45) is 1.77. The van der Waals surface area contributed by atoms with E-state index in [9.17, 15) is 14.4 Å². The van der Waals surface area contributed by atoms with Gasteiger partial charge in [0.25, 0.3) is 5.56 Å². The molecule has 1 aromatic carbocycles. The van der Waals surface area contributed by atoms with Crippen LogP contribution in [0.1, 0.15) is 19.8 Å². The van der Waals surface area contributed by atoms with E-state index in [2.05, 4.69) is 20.9 Å². The number of hydrogen-bond donors (Lipinski definition) is 2. The summed E-state index contributed by atoms with van der Waals surface area (Å²) in [5.41, 5.74) is 0.0357. The first-order valence-corrected chi connectivity index (χ1v) is 7.02. The van der Waals surface area contributed by atoms with E-state index in [0.29, 0.717) is 17.4 Å². The standard InChI is InChI=1S/C14H17N5O3/c1-2-3-8-15-14(22)16-12(20)9-19-13(21)10-6-4-5-7-11(10)17-18-19/h4-7H,2-3,8-9H2,1H3,(H2,15,16,20,22). The van der Waals surface area contributed by atoms with Crippen LogP contribution in [0.4, 0.5) is 4.79 Å². The number of rotatable bonds is 5. The Labute approximate surface area is 126 Å². The molecule has 0 aliphatic carbocycles. The molecule has 0 unspecified atom stereocenters. The molecule has 0 saturated heterocycles. The molecule has 0 bridgehead atoms. The minimum Gasteiger partial charge on any atom is -0.338 e. The van der Waals surface area contributed by atoms with Gasteiger partial charge in [0.05, 0.1) is 5.39 Å². The SMILES string of the molecule is CCCCNC(=O)NC(=O)Cn1nnc2ccccc2c1=O. The smallest absolute Gasteiger partial charge is 0.321 e. The Hall–Kier alpha value is -2.77. The number of aromatic nitrogens is 3. The minimum atomic E-state index is -0.624. The first-order chi connectivity index (χ1) is 10.6. The van der Waals surface area contributed by atoms with Gasteiger partial charge in [-0.05, 0) is 18.6 Å². The van der Waals surface area contributed by atoms with Gasteiger partial charge in [0.1, 0.15) is 12.1 Å². The van der Waals surface area contributed by atoms with Gasteiger partial charge in [-0.3, -0.25) is 14.9 Å². The van der Waals surface area contributed by atoms with Crippen LogP contribution in [0, 0.1) is 0 Å². The Morgan fingerprint density at radius 1 is 1.27 bits per heavy atom. The lowest BCUT2D eigenvalue weighted by molar-refractivity contribution is -0.120. The third-order valence-electron chi connectivity index (χ3n) is 2.99. The van der Waals surface area contributed by atoms with Crippen LogP contribution in [-0.2, 0) is 11.3 Å². The van der Waals surface area contributed by atoms with Gasteiger partial charge < -0.3 is 5.32 Å². The Balaban J connectivity index is 2.01. The fraction of sp³-hybridized carbons (Fsp3) is 0.357. The van der Waals surface area contributed by atoms with Crippen molar-refractivity contribution in [1.82, 2.24) is 25.6 Å². The third kappa shape index (κ3) is 3.87. The number of nitrogens with zero attached hydrogens (tertiary/aromatic N) is 3. The molecule has 3 amide bonds. The van der Waals surface area contributed by atoms with Gasteiger partial charge in [0.15, 0.2) is 0 Å². The number of benzene rings is 1. The molecule has 116 valence electrons. The number of unbranched alkanes of at least 4 members (excludes halogenated alkanes) is 1. The number of carbonyl (C=O) groups is 2. The van der Waals surface area contributed by atoms with Crippen LogP contribution < -0.4 is 16.2 Å². The molecular formula is C14H17N5O3. The van der Waals surface area contributed by atoms with E-state index >= 15 is 0 Å². The highest BCUT2D eigenvalue weighted by atomic mass is 16.2.